The molecule has 0 radical (unpaired) electrons. The molecule has 12 nitrogen and oxygen atoms in total. The van der Waals surface area contributed by atoms with Crippen LogP contribution < -0.4 is 0 Å². The fourth-order valence-corrected chi connectivity index (χ4v) is 4.38. The maximum Gasteiger partial charge on any atom is 0.303 e. The highest BCUT2D eigenvalue weighted by Gasteiger charge is 2.43. The largest absolute Gasteiger partial charge is 0.462 e. The van der Waals surface area contributed by atoms with Crippen LogP contribution in [0.25, 0.3) is 11.2 Å². The van der Waals surface area contributed by atoms with Gasteiger partial charge in [0.25, 0.3) is 0 Å². The lowest BCUT2D eigenvalue weighted by atomic mass is 10.1. The number of aromatic nitrogens is 4. The summed E-state index contributed by atoms with van der Waals surface area (Å²) in [5.41, 5.74) is 0.654. The number of nitrogens with zero attached hydrogens (tertiary/aromatic N) is 4. The molecule has 0 unspecified atom stereocenters. The Hall–Kier alpha value is -2.93. The second-order valence-electron chi connectivity index (χ2n) is 6.93. The number of ether oxygens (including phenoxy) is 4. The van der Waals surface area contributed by atoms with Crippen molar-refractivity contribution in [1.82, 2.24) is 19.5 Å². The summed E-state index contributed by atoms with van der Waals surface area (Å²) in [6, 6.07) is 0. The molecular weight excluding hydrogens is 492 g/mol. The number of fused-ring (bicyclic) bond motifs is 1. The van der Waals surface area contributed by atoms with Crippen LogP contribution in [-0.4, -0.2) is 74.1 Å². The second kappa shape index (κ2) is 12.5. The van der Waals surface area contributed by atoms with Gasteiger partial charge in [0.15, 0.2) is 29.1 Å². The lowest BCUT2D eigenvalue weighted by molar-refractivity contribution is -0.190. The summed E-state index contributed by atoms with van der Waals surface area (Å²) in [5, 5.41) is -0.637. The lowest BCUT2D eigenvalue weighted by Gasteiger charge is -2.36. The lowest BCUT2D eigenvalue weighted by Crippen LogP contribution is -2.50. The third-order valence-corrected chi connectivity index (χ3v) is 5.72. The number of imidazole rings is 1. The third-order valence-electron chi connectivity index (χ3n) is 4.27. The highest BCUT2D eigenvalue weighted by atomic mass is 35.5. The van der Waals surface area contributed by atoms with Gasteiger partial charge in [0.05, 0.1) is 6.33 Å². The maximum absolute atomic E-state index is 12.1. The van der Waals surface area contributed by atoms with Gasteiger partial charge in [-0.15, -0.1) is 11.8 Å². The van der Waals surface area contributed by atoms with Crippen LogP contribution in [-0.2, 0) is 38.1 Å². The monoisotopic (exact) mass is 516 g/mol. The summed E-state index contributed by atoms with van der Waals surface area (Å²) in [4.78, 5) is 59.8. The molecule has 0 fully saturated rings. The van der Waals surface area contributed by atoms with Crippen molar-refractivity contribution in [2.75, 3.05) is 12.4 Å². The molecule has 0 bridgehead atoms. The highest BCUT2D eigenvalue weighted by molar-refractivity contribution is 7.99. The molecule has 4 atom stereocenters. The highest BCUT2D eigenvalue weighted by Crippen LogP contribution is 2.35. The molecule has 0 saturated carbocycles. The van der Waals surface area contributed by atoms with Crippen molar-refractivity contribution in [2.24, 2.45) is 0 Å². The number of hydrogen-bond acceptors (Lipinski definition) is 12. The SMILES string of the molecule is CCS[C@H]([C@@H](OC(C)=O)[C@H](OC(C)=O)[C@@H](COC(C)=O)OC(C)=O)n1cnc2c(Cl)ncnc21. The molecule has 2 rings (SSSR count). The summed E-state index contributed by atoms with van der Waals surface area (Å²) in [5.74, 6) is -2.24. The normalized spacial score (nSPS) is 14.5. The Bertz CT molecular complexity index is 1050. The molecule has 14 heteroatoms. The van der Waals surface area contributed by atoms with E-state index in [0.717, 1.165) is 13.8 Å². The van der Waals surface area contributed by atoms with Crippen molar-refractivity contribution >= 4 is 58.4 Å². The van der Waals surface area contributed by atoms with E-state index in [-0.39, 0.29) is 5.15 Å². The number of esters is 4. The van der Waals surface area contributed by atoms with Crippen LogP contribution in [0, 0.1) is 0 Å². The fourth-order valence-electron chi connectivity index (χ4n) is 3.15. The molecule has 0 spiro atoms. The van der Waals surface area contributed by atoms with Crippen LogP contribution in [0.4, 0.5) is 0 Å². The standard InChI is InChI=1S/C20H25ClN4O8S/c1-6-34-20(25-9-24-15-18(21)22-8-23-19(15)25)17(33-13(5)29)16(32-12(4)28)14(31-11(3)27)7-30-10(2)26/h8-9,14,16-17,20H,6-7H2,1-5H3/t14-,16-,17+,20-/m1/s1. The van der Waals surface area contributed by atoms with E-state index < -0.39 is 54.2 Å². The number of thioether (sulfide) groups is 1. The zero-order valence-corrected chi connectivity index (χ0v) is 20.8. The average Bonchev–Trinajstić information content (AvgIpc) is 3.16. The molecule has 2 aromatic heterocycles. The van der Waals surface area contributed by atoms with Crippen molar-refractivity contribution in [3.05, 3.63) is 17.8 Å². The number of rotatable bonds is 11. The average molecular weight is 517 g/mol. The zero-order chi connectivity index (χ0) is 25.4. The van der Waals surface area contributed by atoms with E-state index >= 15 is 0 Å². The molecule has 186 valence electrons. The molecule has 2 heterocycles. The minimum absolute atomic E-state index is 0.122. The Morgan fingerprint density at radius 2 is 1.56 bits per heavy atom. The minimum atomic E-state index is -1.34. The molecule has 0 saturated heterocycles. The van der Waals surface area contributed by atoms with Gasteiger partial charge < -0.3 is 18.9 Å². The molecule has 0 aliphatic heterocycles. The molecule has 0 N–H and O–H groups in total. The van der Waals surface area contributed by atoms with E-state index in [1.165, 1.54) is 38.3 Å². The zero-order valence-electron chi connectivity index (χ0n) is 19.2. The second-order valence-corrected chi connectivity index (χ2v) is 8.68. The fraction of sp³-hybridized carbons (Fsp3) is 0.550. The van der Waals surface area contributed by atoms with Crippen LogP contribution in [0.3, 0.4) is 0 Å². The van der Waals surface area contributed by atoms with Gasteiger partial charge in [-0.25, -0.2) is 15.0 Å². The van der Waals surface area contributed by atoms with Gasteiger partial charge in [0, 0.05) is 27.7 Å². The van der Waals surface area contributed by atoms with Crippen LogP contribution in [0.15, 0.2) is 12.7 Å². The van der Waals surface area contributed by atoms with E-state index in [9.17, 15) is 19.2 Å². The summed E-state index contributed by atoms with van der Waals surface area (Å²) in [6.45, 7) is 6.08. The number of carbonyl (C=O) groups is 4. The topological polar surface area (TPSA) is 149 Å². The van der Waals surface area contributed by atoms with Crippen molar-refractivity contribution in [3.63, 3.8) is 0 Å². The molecule has 0 aliphatic carbocycles. The van der Waals surface area contributed by atoms with E-state index in [1.807, 2.05) is 6.92 Å². The minimum Gasteiger partial charge on any atom is -0.462 e. The summed E-state index contributed by atoms with van der Waals surface area (Å²) >= 11 is 7.46. The smallest absolute Gasteiger partial charge is 0.303 e. The number of hydrogen-bond donors (Lipinski definition) is 0. The molecule has 0 aliphatic rings. The van der Waals surface area contributed by atoms with Gasteiger partial charge in [-0.05, 0) is 5.75 Å². The first-order valence-electron chi connectivity index (χ1n) is 10.1. The number of halogens is 1. The third kappa shape index (κ3) is 7.29. The Kier molecular flexibility index (Phi) is 10.1. The van der Waals surface area contributed by atoms with E-state index in [4.69, 9.17) is 30.5 Å². The molecule has 2 aromatic rings. The Morgan fingerprint density at radius 3 is 2.12 bits per heavy atom. The van der Waals surface area contributed by atoms with Gasteiger partial charge in [-0.2, -0.15) is 0 Å². The van der Waals surface area contributed by atoms with Crippen LogP contribution >= 0.6 is 23.4 Å². The molecular formula is C20H25ClN4O8S. The first-order chi connectivity index (χ1) is 16.0. The van der Waals surface area contributed by atoms with Crippen LogP contribution in [0.2, 0.25) is 5.15 Å². The molecule has 0 aromatic carbocycles. The maximum atomic E-state index is 12.1. The predicted molar refractivity (Wildman–Crippen MR) is 121 cm³/mol. The quantitative estimate of drug-likeness (QED) is 0.244. The Labute approximate surface area is 204 Å². The van der Waals surface area contributed by atoms with Crippen LogP contribution in [0.1, 0.15) is 40.0 Å². The molecule has 34 heavy (non-hydrogen) atoms. The van der Waals surface area contributed by atoms with E-state index in [1.54, 1.807) is 4.57 Å². The van der Waals surface area contributed by atoms with Gasteiger partial charge in [-0.1, -0.05) is 18.5 Å². The van der Waals surface area contributed by atoms with Gasteiger partial charge in [0.2, 0.25) is 0 Å². The van der Waals surface area contributed by atoms with Gasteiger partial charge >= 0.3 is 23.9 Å². The first kappa shape index (κ1) is 27.3. The Morgan fingerprint density at radius 1 is 0.941 bits per heavy atom. The van der Waals surface area contributed by atoms with E-state index in [0.29, 0.717) is 16.9 Å². The summed E-state index contributed by atoms with van der Waals surface area (Å²) < 4.78 is 23.0. The first-order valence-corrected chi connectivity index (χ1v) is 11.6. The van der Waals surface area contributed by atoms with Crippen molar-refractivity contribution in [2.45, 2.75) is 58.3 Å². The number of carbonyl (C=O) groups excluding carboxylic acids is 4. The van der Waals surface area contributed by atoms with E-state index in [2.05, 4.69) is 15.0 Å². The van der Waals surface area contributed by atoms with Gasteiger partial charge in [-0.3, -0.25) is 23.7 Å². The van der Waals surface area contributed by atoms with Crippen molar-refractivity contribution in [1.29, 1.82) is 0 Å². The van der Waals surface area contributed by atoms with Crippen molar-refractivity contribution < 1.29 is 38.1 Å². The summed E-state index contributed by atoms with van der Waals surface area (Å²) in [7, 11) is 0. The summed E-state index contributed by atoms with van der Waals surface area (Å²) in [6.07, 6.45) is -1.14. The predicted octanol–water partition coefficient (Wildman–Crippen LogP) is 2.09. The Balaban J connectivity index is 2.64. The van der Waals surface area contributed by atoms with Crippen molar-refractivity contribution in [3.8, 4) is 0 Å². The van der Waals surface area contributed by atoms with Gasteiger partial charge in [0.1, 0.15) is 23.8 Å². The van der Waals surface area contributed by atoms with Crippen LogP contribution in [0.5, 0.6) is 0 Å². The molecule has 0 amide bonds.